The summed E-state index contributed by atoms with van der Waals surface area (Å²) in [5.74, 6) is 0.903. The fraction of sp³-hybridized carbons (Fsp3) is 0.421. The van der Waals surface area contributed by atoms with Gasteiger partial charge in [-0.3, -0.25) is 4.79 Å². The van der Waals surface area contributed by atoms with E-state index in [1.807, 2.05) is 6.92 Å². The molecule has 2 rings (SSSR count). The number of amides is 1. The summed E-state index contributed by atoms with van der Waals surface area (Å²) < 4.78 is 37.6. The Kier molecular flexibility index (Phi) is 7.44. The number of nitrogens with one attached hydrogen (secondary N) is 1. The molecule has 27 heavy (non-hydrogen) atoms. The zero-order valence-electron chi connectivity index (χ0n) is 15.9. The summed E-state index contributed by atoms with van der Waals surface area (Å²) >= 11 is 0. The number of hydrogen-bond acceptors (Lipinski definition) is 5. The second-order valence-corrected chi connectivity index (χ2v) is 7.75. The lowest BCUT2D eigenvalue weighted by Crippen LogP contribution is -2.30. The van der Waals surface area contributed by atoms with Crippen molar-refractivity contribution < 1.29 is 22.4 Å². The molecule has 2 aromatic rings. The molecule has 0 spiro atoms. The van der Waals surface area contributed by atoms with E-state index in [4.69, 9.17) is 9.15 Å². The Morgan fingerprint density at radius 2 is 1.93 bits per heavy atom. The van der Waals surface area contributed by atoms with E-state index in [1.165, 1.54) is 16.4 Å². The second-order valence-electron chi connectivity index (χ2n) is 5.81. The number of aryl methyl sites for hydroxylation is 1. The van der Waals surface area contributed by atoms with Crippen LogP contribution in [-0.2, 0) is 21.2 Å². The lowest BCUT2D eigenvalue weighted by atomic mass is 10.2. The third-order valence-corrected chi connectivity index (χ3v) is 6.09. The van der Waals surface area contributed by atoms with E-state index < -0.39 is 10.0 Å². The maximum absolute atomic E-state index is 12.7. The molecule has 1 amide bonds. The summed E-state index contributed by atoms with van der Waals surface area (Å²) in [6.45, 7) is 6.54. The van der Waals surface area contributed by atoms with Crippen LogP contribution in [0, 0.1) is 0 Å². The molecule has 0 saturated carbocycles. The van der Waals surface area contributed by atoms with Crippen molar-refractivity contribution >= 4 is 21.6 Å². The van der Waals surface area contributed by atoms with Crippen LogP contribution in [0.4, 0.5) is 5.69 Å². The van der Waals surface area contributed by atoms with Crippen LogP contribution in [0.15, 0.2) is 45.9 Å². The Bertz CT molecular complexity index is 843. The molecule has 0 unspecified atom stereocenters. The van der Waals surface area contributed by atoms with Gasteiger partial charge in [-0.05, 0) is 37.3 Å². The first kappa shape index (κ1) is 21.0. The van der Waals surface area contributed by atoms with Crippen molar-refractivity contribution in [2.75, 3.05) is 25.0 Å². The Balaban J connectivity index is 2.23. The van der Waals surface area contributed by atoms with Crippen LogP contribution in [-0.4, -0.2) is 38.3 Å². The fourth-order valence-electron chi connectivity index (χ4n) is 2.67. The van der Waals surface area contributed by atoms with Crippen molar-refractivity contribution in [1.82, 2.24) is 4.31 Å². The normalized spacial score (nSPS) is 11.6. The molecule has 0 atom stereocenters. The van der Waals surface area contributed by atoms with E-state index in [1.54, 1.807) is 38.3 Å². The second kappa shape index (κ2) is 9.57. The topological polar surface area (TPSA) is 88.9 Å². The molecule has 0 radical (unpaired) electrons. The fourth-order valence-corrected chi connectivity index (χ4v) is 4.15. The predicted molar refractivity (Wildman–Crippen MR) is 103 cm³/mol. The average molecular weight is 394 g/mol. The number of rotatable bonds is 10. The highest BCUT2D eigenvalue weighted by Gasteiger charge is 2.23. The number of anilines is 1. The molecule has 0 fully saturated rings. The summed E-state index contributed by atoms with van der Waals surface area (Å²) in [7, 11) is -3.63. The minimum atomic E-state index is -3.63. The van der Waals surface area contributed by atoms with E-state index in [9.17, 15) is 13.2 Å². The van der Waals surface area contributed by atoms with Crippen LogP contribution in [0.3, 0.4) is 0 Å². The van der Waals surface area contributed by atoms with Crippen LogP contribution >= 0.6 is 0 Å². The minimum Gasteiger partial charge on any atom is -0.492 e. The zero-order chi connectivity index (χ0) is 19.9. The molecule has 0 saturated heterocycles. The lowest BCUT2D eigenvalue weighted by molar-refractivity contribution is -0.116. The maximum atomic E-state index is 12.7. The van der Waals surface area contributed by atoms with E-state index in [0.29, 0.717) is 43.3 Å². The highest BCUT2D eigenvalue weighted by Crippen LogP contribution is 2.29. The first-order valence-corrected chi connectivity index (χ1v) is 10.5. The van der Waals surface area contributed by atoms with Gasteiger partial charge in [0.1, 0.15) is 11.5 Å². The monoisotopic (exact) mass is 394 g/mol. The smallest absolute Gasteiger partial charge is 0.243 e. The molecule has 1 heterocycles. The minimum absolute atomic E-state index is 0.121. The molecule has 1 N–H and O–H groups in total. The number of benzene rings is 1. The van der Waals surface area contributed by atoms with Gasteiger partial charge in [0.2, 0.25) is 15.9 Å². The third kappa shape index (κ3) is 5.33. The van der Waals surface area contributed by atoms with Crippen LogP contribution in [0.1, 0.15) is 33.0 Å². The van der Waals surface area contributed by atoms with Gasteiger partial charge in [-0.1, -0.05) is 13.8 Å². The molecule has 148 valence electrons. The molecular formula is C19H26N2O5S. The molecular weight excluding hydrogens is 368 g/mol. The SMILES string of the molecule is CCOc1ccc(S(=O)(=O)N(CC)CC)cc1NC(=O)CCc1ccco1. The van der Waals surface area contributed by atoms with Crippen LogP contribution in [0.2, 0.25) is 0 Å². The van der Waals surface area contributed by atoms with Gasteiger partial charge >= 0.3 is 0 Å². The van der Waals surface area contributed by atoms with Crippen molar-refractivity contribution in [3.05, 3.63) is 42.4 Å². The molecule has 0 bridgehead atoms. The van der Waals surface area contributed by atoms with Gasteiger partial charge in [-0.2, -0.15) is 4.31 Å². The number of nitrogens with zero attached hydrogens (tertiary/aromatic N) is 1. The van der Waals surface area contributed by atoms with Crippen LogP contribution < -0.4 is 10.1 Å². The third-order valence-electron chi connectivity index (χ3n) is 4.05. The quantitative estimate of drug-likeness (QED) is 0.668. The van der Waals surface area contributed by atoms with E-state index >= 15 is 0 Å². The number of hydrogen-bond donors (Lipinski definition) is 1. The summed E-state index contributed by atoms with van der Waals surface area (Å²) in [6.07, 6.45) is 2.23. The summed E-state index contributed by atoms with van der Waals surface area (Å²) in [4.78, 5) is 12.4. The van der Waals surface area contributed by atoms with Crippen LogP contribution in [0.25, 0.3) is 0 Å². The molecule has 7 nitrogen and oxygen atoms in total. The number of carbonyl (C=O) groups excluding carboxylic acids is 1. The molecule has 1 aromatic carbocycles. The van der Waals surface area contributed by atoms with Gasteiger partial charge in [0.15, 0.2) is 0 Å². The number of sulfonamides is 1. The molecule has 0 aliphatic heterocycles. The molecule has 0 aliphatic carbocycles. The number of furan rings is 1. The summed E-state index contributed by atoms with van der Waals surface area (Å²) in [6, 6.07) is 8.08. The molecule has 1 aromatic heterocycles. The maximum Gasteiger partial charge on any atom is 0.243 e. The average Bonchev–Trinajstić information content (AvgIpc) is 3.16. The summed E-state index contributed by atoms with van der Waals surface area (Å²) in [5.41, 5.74) is 0.342. The van der Waals surface area contributed by atoms with Crippen molar-refractivity contribution in [3.8, 4) is 5.75 Å². The highest BCUT2D eigenvalue weighted by atomic mass is 32.2. The van der Waals surface area contributed by atoms with Gasteiger partial charge < -0.3 is 14.5 Å². The van der Waals surface area contributed by atoms with E-state index in [0.717, 1.165) is 0 Å². The largest absolute Gasteiger partial charge is 0.492 e. The Hall–Kier alpha value is -2.32. The summed E-state index contributed by atoms with van der Waals surface area (Å²) in [5, 5.41) is 2.76. The van der Waals surface area contributed by atoms with Gasteiger partial charge in [0.05, 0.1) is 23.5 Å². The molecule has 8 heteroatoms. The van der Waals surface area contributed by atoms with E-state index in [-0.39, 0.29) is 17.2 Å². The van der Waals surface area contributed by atoms with Crippen molar-refractivity contribution in [3.63, 3.8) is 0 Å². The van der Waals surface area contributed by atoms with Crippen molar-refractivity contribution in [2.45, 2.75) is 38.5 Å². The highest BCUT2D eigenvalue weighted by molar-refractivity contribution is 7.89. The first-order valence-electron chi connectivity index (χ1n) is 9.01. The van der Waals surface area contributed by atoms with Gasteiger partial charge in [0, 0.05) is 25.9 Å². The van der Waals surface area contributed by atoms with Gasteiger partial charge in [-0.25, -0.2) is 8.42 Å². The van der Waals surface area contributed by atoms with Crippen molar-refractivity contribution in [2.24, 2.45) is 0 Å². The lowest BCUT2D eigenvalue weighted by Gasteiger charge is -2.20. The molecule has 0 aliphatic rings. The zero-order valence-corrected chi connectivity index (χ0v) is 16.7. The van der Waals surface area contributed by atoms with Gasteiger partial charge in [0.25, 0.3) is 0 Å². The first-order chi connectivity index (χ1) is 12.9. The standard InChI is InChI=1S/C19H26N2O5S/c1-4-21(5-2)27(23,24)16-10-11-18(25-6-3)17(14-16)20-19(22)12-9-15-8-7-13-26-15/h7-8,10-11,13-14H,4-6,9,12H2,1-3H3,(H,20,22). The Labute approximate surface area is 160 Å². The van der Waals surface area contributed by atoms with Crippen LogP contribution in [0.5, 0.6) is 5.75 Å². The Morgan fingerprint density at radius 1 is 1.19 bits per heavy atom. The van der Waals surface area contributed by atoms with Crippen molar-refractivity contribution in [1.29, 1.82) is 0 Å². The number of carbonyl (C=O) groups is 1. The number of ether oxygens (including phenoxy) is 1. The Morgan fingerprint density at radius 3 is 2.52 bits per heavy atom. The van der Waals surface area contributed by atoms with E-state index in [2.05, 4.69) is 5.32 Å². The predicted octanol–water partition coefficient (Wildman–Crippen LogP) is 3.28. The van der Waals surface area contributed by atoms with Gasteiger partial charge in [-0.15, -0.1) is 0 Å².